The summed E-state index contributed by atoms with van der Waals surface area (Å²) < 4.78 is 36.5. The summed E-state index contributed by atoms with van der Waals surface area (Å²) in [6.07, 6.45) is -1.24. The molecule has 0 bridgehead atoms. The number of aliphatic hydroxyl groups is 1. The van der Waals surface area contributed by atoms with Crippen molar-refractivity contribution in [1.82, 2.24) is 0 Å². The molecule has 0 amide bonds. The maximum absolute atomic E-state index is 12.5. The second-order valence-electron chi connectivity index (χ2n) is 8.82. The first-order valence-electron chi connectivity index (χ1n) is 12.5. The number of aliphatic hydroxyl groups excluding tert-OH is 1. The fraction of sp³-hybridized carbons (Fsp3) is 0.357. The van der Waals surface area contributed by atoms with E-state index in [4.69, 9.17) is 33.2 Å². The molecule has 2 aromatic carbocycles. The van der Waals surface area contributed by atoms with Crippen molar-refractivity contribution in [2.45, 2.75) is 37.3 Å². The lowest BCUT2D eigenvalue weighted by molar-refractivity contribution is -0.137. The van der Waals surface area contributed by atoms with Crippen molar-refractivity contribution >= 4 is 24.1 Å². The number of unbranched alkanes of at least 4 members (excludes halogenated alkanes) is 1. The number of hydrogen-bond donors (Lipinski definition) is 1. The highest BCUT2D eigenvalue weighted by Crippen LogP contribution is 2.29. The number of ether oxygens (including phenoxy) is 7. The maximum atomic E-state index is 12.5. The number of esters is 3. The molecule has 0 aromatic heterocycles. The summed E-state index contributed by atoms with van der Waals surface area (Å²) in [5, 5.41) is 9.80. The van der Waals surface area contributed by atoms with E-state index >= 15 is 0 Å². The van der Waals surface area contributed by atoms with Gasteiger partial charge in [0, 0.05) is 6.08 Å². The van der Waals surface area contributed by atoms with Gasteiger partial charge in [0.15, 0.2) is 6.10 Å². The lowest BCUT2D eigenvalue weighted by atomic mass is 10.1. The van der Waals surface area contributed by atoms with Crippen LogP contribution in [0.25, 0.3) is 0 Å². The van der Waals surface area contributed by atoms with E-state index in [1.165, 1.54) is 48.5 Å². The minimum absolute atomic E-state index is 0.0833. The molecule has 212 valence electrons. The Morgan fingerprint density at radius 1 is 0.800 bits per heavy atom. The number of carbonyl (C=O) groups is 4. The number of hydrogen-bond acceptors (Lipinski definition) is 12. The summed E-state index contributed by atoms with van der Waals surface area (Å²) in [5.74, 6) is -1.40. The molecule has 4 rings (SSSR count). The fourth-order valence-corrected chi connectivity index (χ4v) is 3.95. The van der Waals surface area contributed by atoms with Crippen LogP contribution >= 0.6 is 0 Å². The summed E-state index contributed by atoms with van der Waals surface area (Å²) in [5.41, 5.74) is 0.444. The molecule has 40 heavy (non-hydrogen) atoms. The zero-order valence-corrected chi connectivity index (χ0v) is 21.4. The topological polar surface area (TPSA) is 153 Å². The van der Waals surface area contributed by atoms with Gasteiger partial charge in [0.05, 0.1) is 37.6 Å². The minimum atomic E-state index is -0.911. The van der Waals surface area contributed by atoms with Crippen molar-refractivity contribution < 1.29 is 57.4 Å². The van der Waals surface area contributed by atoms with Crippen LogP contribution in [-0.2, 0) is 28.5 Å². The molecule has 2 saturated heterocycles. The molecule has 0 spiro atoms. The maximum Gasteiger partial charge on any atom is 0.513 e. The van der Waals surface area contributed by atoms with Crippen molar-refractivity contribution in [1.29, 1.82) is 0 Å². The smallest absolute Gasteiger partial charge is 0.463 e. The molecule has 1 N–H and O–H groups in total. The molecule has 0 aliphatic carbocycles. The summed E-state index contributed by atoms with van der Waals surface area (Å²) >= 11 is 0. The monoisotopic (exact) mass is 556 g/mol. The molecule has 0 radical (unpaired) electrons. The third kappa shape index (κ3) is 7.65. The Morgan fingerprint density at radius 2 is 1.38 bits per heavy atom. The second-order valence-corrected chi connectivity index (χ2v) is 8.82. The molecule has 2 aliphatic heterocycles. The molecule has 12 nitrogen and oxygen atoms in total. The summed E-state index contributed by atoms with van der Waals surface area (Å²) in [6, 6.07) is 11.5. The Balaban J connectivity index is 1.18. The van der Waals surface area contributed by atoms with Crippen LogP contribution in [0.1, 0.15) is 33.6 Å². The zero-order chi connectivity index (χ0) is 28.5. The Morgan fingerprint density at radius 3 is 2.02 bits per heavy atom. The van der Waals surface area contributed by atoms with Gasteiger partial charge in [0.1, 0.15) is 29.8 Å². The van der Waals surface area contributed by atoms with Crippen LogP contribution in [0.5, 0.6) is 11.5 Å². The van der Waals surface area contributed by atoms with Crippen molar-refractivity contribution in [2.24, 2.45) is 0 Å². The SMILES string of the molecule is C=CC(=O)OCCCCOC(=O)Oc1ccc(C(=O)Oc2ccc(C(=O)OC3COC4C(O)COC34)cc2)cc1. The highest BCUT2D eigenvalue weighted by atomic mass is 16.7. The third-order valence-corrected chi connectivity index (χ3v) is 6.00. The van der Waals surface area contributed by atoms with Crippen molar-refractivity contribution in [3.05, 3.63) is 72.3 Å². The van der Waals surface area contributed by atoms with E-state index in [1.807, 2.05) is 0 Å². The molecule has 2 aliphatic rings. The van der Waals surface area contributed by atoms with Crippen LogP contribution < -0.4 is 9.47 Å². The molecule has 2 fully saturated rings. The summed E-state index contributed by atoms with van der Waals surface area (Å²) in [4.78, 5) is 47.7. The predicted molar refractivity (Wildman–Crippen MR) is 135 cm³/mol. The van der Waals surface area contributed by atoms with Crippen molar-refractivity contribution in [3.63, 3.8) is 0 Å². The van der Waals surface area contributed by atoms with Gasteiger partial charge in [-0.1, -0.05) is 6.58 Å². The zero-order valence-electron chi connectivity index (χ0n) is 21.4. The molecule has 0 saturated carbocycles. The van der Waals surface area contributed by atoms with E-state index in [2.05, 4.69) is 6.58 Å². The van der Waals surface area contributed by atoms with Crippen LogP contribution in [0.2, 0.25) is 0 Å². The summed E-state index contributed by atoms with van der Waals surface area (Å²) in [6.45, 7) is 3.83. The van der Waals surface area contributed by atoms with Crippen molar-refractivity contribution in [3.8, 4) is 11.5 Å². The average molecular weight is 557 g/mol. The number of benzene rings is 2. The molecule has 4 unspecified atom stereocenters. The van der Waals surface area contributed by atoms with Crippen LogP contribution in [0.3, 0.4) is 0 Å². The Kier molecular flexibility index (Phi) is 9.84. The number of rotatable bonds is 11. The van der Waals surface area contributed by atoms with E-state index in [0.29, 0.717) is 12.8 Å². The highest BCUT2D eigenvalue weighted by molar-refractivity contribution is 5.92. The van der Waals surface area contributed by atoms with Gasteiger partial charge >= 0.3 is 24.1 Å². The first-order chi connectivity index (χ1) is 19.3. The van der Waals surface area contributed by atoms with Gasteiger partial charge in [-0.3, -0.25) is 0 Å². The van der Waals surface area contributed by atoms with E-state index in [9.17, 15) is 24.3 Å². The van der Waals surface area contributed by atoms with E-state index in [-0.39, 0.29) is 49.1 Å². The Labute approximate surface area is 229 Å². The first-order valence-corrected chi connectivity index (χ1v) is 12.5. The highest BCUT2D eigenvalue weighted by Gasteiger charge is 2.49. The predicted octanol–water partition coefficient (Wildman–Crippen LogP) is 2.61. The summed E-state index contributed by atoms with van der Waals surface area (Å²) in [7, 11) is 0. The third-order valence-electron chi connectivity index (χ3n) is 6.00. The van der Waals surface area contributed by atoms with E-state index in [0.717, 1.165) is 6.08 Å². The normalized spacial score (nSPS) is 21.1. The van der Waals surface area contributed by atoms with Gasteiger partial charge in [-0.05, 0) is 61.4 Å². The molecular weight excluding hydrogens is 528 g/mol. The van der Waals surface area contributed by atoms with Gasteiger partial charge in [-0.15, -0.1) is 0 Å². The average Bonchev–Trinajstić information content (AvgIpc) is 3.53. The first kappa shape index (κ1) is 28.7. The van der Waals surface area contributed by atoms with Gasteiger partial charge in [0.25, 0.3) is 0 Å². The molecule has 4 atom stereocenters. The molecular formula is C28H28O12. The van der Waals surface area contributed by atoms with Crippen LogP contribution in [-0.4, -0.2) is 80.0 Å². The van der Waals surface area contributed by atoms with Gasteiger partial charge in [-0.25, -0.2) is 19.2 Å². The Hall–Kier alpha value is -4.26. The number of fused-ring (bicyclic) bond motifs is 1. The minimum Gasteiger partial charge on any atom is -0.463 e. The standard InChI is InChI=1S/C28H28O12/c1-2-23(30)34-13-3-4-14-35-28(33)39-20-11-7-17(8-12-20)26(31)38-19-9-5-18(6-10-19)27(32)40-22-16-37-24-21(29)15-36-25(22)24/h2,5-12,21-22,24-25,29H,1,3-4,13-16H2. The Bertz CT molecular complexity index is 1210. The lowest BCUT2D eigenvalue weighted by Gasteiger charge is -2.16. The lowest BCUT2D eigenvalue weighted by Crippen LogP contribution is -2.34. The molecule has 2 aromatic rings. The van der Waals surface area contributed by atoms with Crippen LogP contribution in [0, 0.1) is 0 Å². The van der Waals surface area contributed by atoms with E-state index < -0.39 is 48.5 Å². The fourth-order valence-electron chi connectivity index (χ4n) is 3.95. The van der Waals surface area contributed by atoms with E-state index in [1.54, 1.807) is 0 Å². The van der Waals surface area contributed by atoms with Gasteiger partial charge in [-0.2, -0.15) is 0 Å². The largest absolute Gasteiger partial charge is 0.513 e. The second kappa shape index (κ2) is 13.7. The van der Waals surface area contributed by atoms with Crippen LogP contribution in [0.4, 0.5) is 4.79 Å². The molecule has 2 heterocycles. The van der Waals surface area contributed by atoms with Crippen molar-refractivity contribution in [2.75, 3.05) is 26.4 Å². The molecule has 12 heteroatoms. The quantitative estimate of drug-likeness (QED) is 0.108. The van der Waals surface area contributed by atoms with Crippen LogP contribution in [0.15, 0.2) is 61.2 Å². The number of carbonyl (C=O) groups excluding carboxylic acids is 4. The van der Waals surface area contributed by atoms with Gasteiger partial charge < -0.3 is 38.3 Å². The van der Waals surface area contributed by atoms with Gasteiger partial charge in [0.2, 0.25) is 0 Å².